The monoisotopic (exact) mass is 732 g/mol. The van der Waals surface area contributed by atoms with Crippen LogP contribution in [0.15, 0.2) is 194 Å². The molecule has 4 aromatic heterocycles. The van der Waals surface area contributed by atoms with Crippen LogP contribution in [0.5, 0.6) is 0 Å². The van der Waals surface area contributed by atoms with Crippen molar-refractivity contribution in [2.75, 3.05) is 0 Å². The highest BCUT2D eigenvalue weighted by Gasteiger charge is 2.21. The molecule has 14 aromatic rings. The van der Waals surface area contributed by atoms with Crippen molar-refractivity contribution >= 4 is 119 Å². The van der Waals surface area contributed by atoms with Gasteiger partial charge in [-0.2, -0.15) is 0 Å². The van der Waals surface area contributed by atoms with Crippen LogP contribution in [-0.2, 0) is 0 Å². The molecule has 0 bridgehead atoms. The van der Waals surface area contributed by atoms with Crippen molar-refractivity contribution in [2.45, 2.75) is 0 Å². The summed E-state index contributed by atoms with van der Waals surface area (Å²) in [6.07, 6.45) is 0. The molecule has 0 unspecified atom stereocenters. The van der Waals surface area contributed by atoms with E-state index in [9.17, 15) is 0 Å². The number of aromatic nitrogens is 2. The van der Waals surface area contributed by atoms with Gasteiger partial charge in [-0.05, 0) is 91.3 Å². The minimum atomic E-state index is 1.22. The van der Waals surface area contributed by atoms with Crippen LogP contribution >= 0.6 is 0 Å². The van der Waals surface area contributed by atoms with Crippen molar-refractivity contribution in [2.24, 2.45) is 0 Å². The normalized spacial score (nSPS) is 12.5. The molecule has 2 nitrogen and oxygen atoms in total. The predicted octanol–water partition coefficient (Wildman–Crippen LogP) is 15.4. The van der Waals surface area contributed by atoms with E-state index < -0.39 is 0 Å². The van der Waals surface area contributed by atoms with E-state index in [4.69, 9.17) is 0 Å². The summed E-state index contributed by atoms with van der Waals surface area (Å²) < 4.78 is 5.01. The zero-order valence-electron chi connectivity index (χ0n) is 31.4. The number of fused-ring (bicyclic) bond motifs is 24. The molecule has 0 aliphatic heterocycles. The molecule has 14 rings (SSSR count). The van der Waals surface area contributed by atoms with E-state index in [1.54, 1.807) is 0 Å². The third kappa shape index (κ3) is 3.86. The fourth-order valence-corrected chi connectivity index (χ4v) is 10.7. The number of pyridine rings is 2. The summed E-state index contributed by atoms with van der Waals surface area (Å²) in [7, 11) is 0. The van der Waals surface area contributed by atoms with Crippen LogP contribution in [0.4, 0.5) is 0 Å². The van der Waals surface area contributed by atoms with Crippen molar-refractivity contribution in [1.82, 2.24) is 8.80 Å². The zero-order chi connectivity index (χ0) is 37.6. The van der Waals surface area contributed by atoms with E-state index in [1.807, 2.05) is 0 Å². The molecule has 0 fully saturated rings. The zero-order valence-corrected chi connectivity index (χ0v) is 31.4. The third-order valence-electron chi connectivity index (χ3n) is 13.1. The molecule has 2 heteroatoms. The number of hydrogen-bond acceptors (Lipinski definition) is 0. The molecule has 0 radical (unpaired) electrons. The van der Waals surface area contributed by atoms with E-state index in [0.29, 0.717) is 0 Å². The second-order valence-electron chi connectivity index (χ2n) is 16.0. The lowest BCUT2D eigenvalue weighted by molar-refractivity contribution is 1.35. The molecule has 0 saturated carbocycles. The Morgan fingerprint density at radius 3 is 1.53 bits per heavy atom. The second-order valence-corrected chi connectivity index (χ2v) is 16.0. The van der Waals surface area contributed by atoms with E-state index in [2.05, 4.69) is 203 Å². The van der Waals surface area contributed by atoms with Gasteiger partial charge in [-0.3, -0.25) is 0 Å². The van der Waals surface area contributed by atoms with E-state index in [1.165, 1.54) is 130 Å². The number of nitrogens with zero attached hydrogens (tertiary/aromatic N) is 2. The third-order valence-corrected chi connectivity index (χ3v) is 13.1. The van der Waals surface area contributed by atoms with Crippen LogP contribution in [0.2, 0.25) is 0 Å². The molecular weight excluding hydrogens is 701 g/mol. The summed E-state index contributed by atoms with van der Waals surface area (Å²) in [4.78, 5) is 0. The van der Waals surface area contributed by atoms with Gasteiger partial charge in [-0.15, -0.1) is 0 Å². The van der Waals surface area contributed by atoms with Crippen LogP contribution in [0.1, 0.15) is 0 Å². The Kier molecular flexibility index (Phi) is 5.79. The maximum atomic E-state index is 2.53. The SMILES string of the molecule is c1ccc2c(c1)cc(-c1ccc3c(ccc4c3c3c5ccccc5ccc3c3cc5ccccc5n34)c1)c1c2c2ccc3ccccc3c2n2c3ccccc3cc12. The van der Waals surface area contributed by atoms with Crippen molar-refractivity contribution in [3.63, 3.8) is 0 Å². The summed E-state index contributed by atoms with van der Waals surface area (Å²) in [5, 5.41) is 20.4. The van der Waals surface area contributed by atoms with Gasteiger partial charge in [-0.1, -0.05) is 152 Å². The summed E-state index contributed by atoms with van der Waals surface area (Å²) in [6, 6.07) is 72.7. The molecule has 266 valence electrons. The van der Waals surface area contributed by atoms with Gasteiger partial charge in [0.05, 0.1) is 33.1 Å². The van der Waals surface area contributed by atoms with Crippen LogP contribution in [0.3, 0.4) is 0 Å². The van der Waals surface area contributed by atoms with Crippen LogP contribution < -0.4 is 0 Å². The number of hydrogen-bond donors (Lipinski definition) is 0. The first kappa shape index (κ1) is 30.5. The maximum Gasteiger partial charge on any atom is 0.0619 e. The average Bonchev–Trinajstić information content (AvgIpc) is 3.88. The van der Waals surface area contributed by atoms with Gasteiger partial charge in [-0.25, -0.2) is 0 Å². The molecule has 0 aliphatic carbocycles. The lowest BCUT2D eigenvalue weighted by Crippen LogP contribution is -1.95. The number of benzene rings is 10. The van der Waals surface area contributed by atoms with Gasteiger partial charge in [0.15, 0.2) is 0 Å². The van der Waals surface area contributed by atoms with E-state index in [-0.39, 0.29) is 0 Å². The summed E-state index contributed by atoms with van der Waals surface area (Å²) >= 11 is 0. The van der Waals surface area contributed by atoms with Crippen molar-refractivity contribution in [1.29, 1.82) is 0 Å². The van der Waals surface area contributed by atoms with Gasteiger partial charge in [0.25, 0.3) is 0 Å². The van der Waals surface area contributed by atoms with Crippen LogP contribution in [-0.4, -0.2) is 8.80 Å². The second kappa shape index (κ2) is 11.0. The molecule has 4 heterocycles. The average molecular weight is 733 g/mol. The minimum Gasteiger partial charge on any atom is -0.309 e. The quantitative estimate of drug-likeness (QED) is 0.149. The summed E-state index contributed by atoms with van der Waals surface area (Å²) in [5.41, 5.74) is 9.91. The molecule has 0 N–H and O–H groups in total. The van der Waals surface area contributed by atoms with Crippen molar-refractivity contribution in [3.05, 3.63) is 194 Å². The molecule has 0 saturated heterocycles. The summed E-state index contributed by atoms with van der Waals surface area (Å²) in [6.45, 7) is 0. The van der Waals surface area contributed by atoms with Crippen LogP contribution in [0, 0.1) is 0 Å². The van der Waals surface area contributed by atoms with Gasteiger partial charge >= 0.3 is 0 Å². The molecule has 0 atom stereocenters. The molecule has 58 heavy (non-hydrogen) atoms. The Balaban J connectivity index is 1.16. The van der Waals surface area contributed by atoms with Gasteiger partial charge in [0.2, 0.25) is 0 Å². The summed E-state index contributed by atoms with van der Waals surface area (Å²) in [5.74, 6) is 0. The van der Waals surface area contributed by atoms with E-state index >= 15 is 0 Å². The first-order valence-electron chi connectivity index (χ1n) is 20.2. The molecule has 0 aliphatic rings. The Bertz CT molecular complexity index is 4140. The first-order valence-corrected chi connectivity index (χ1v) is 20.2. The molecule has 10 aromatic carbocycles. The fraction of sp³-hybridized carbons (Fsp3) is 0. The predicted molar refractivity (Wildman–Crippen MR) is 249 cm³/mol. The Morgan fingerprint density at radius 2 is 0.759 bits per heavy atom. The maximum absolute atomic E-state index is 2.53. The number of para-hydroxylation sites is 2. The standard InChI is InChI=1S/C56H32N2/c1-6-16-40-33(11-1)21-26-44-50-31-38-14-4-9-19-47(38)57(50)49-28-24-36-29-37(23-25-42(36)54(49)52(40)44)46-30-35-13-3-7-17-41(35)53-45-27-22-34-12-2-8-18-43(34)56(45)58-48-20-10-5-15-39(48)32-51(58)55(46)53/h1-32H. The highest BCUT2D eigenvalue weighted by molar-refractivity contribution is 6.33. The molecular formula is C56H32N2. The minimum absolute atomic E-state index is 1.22. The van der Waals surface area contributed by atoms with Gasteiger partial charge < -0.3 is 8.80 Å². The highest BCUT2D eigenvalue weighted by atomic mass is 14.9. The molecule has 0 amide bonds. The smallest absolute Gasteiger partial charge is 0.0619 e. The van der Waals surface area contributed by atoms with Crippen molar-refractivity contribution in [3.8, 4) is 11.1 Å². The Morgan fingerprint density at radius 1 is 0.241 bits per heavy atom. The van der Waals surface area contributed by atoms with Crippen LogP contribution in [0.25, 0.3) is 130 Å². The Labute approximate surface area is 332 Å². The van der Waals surface area contributed by atoms with E-state index in [0.717, 1.165) is 0 Å². The number of rotatable bonds is 1. The van der Waals surface area contributed by atoms with Crippen molar-refractivity contribution < 1.29 is 0 Å². The Hall–Kier alpha value is -7.68. The lowest BCUT2D eigenvalue weighted by Gasteiger charge is -2.19. The first-order chi connectivity index (χ1) is 28.8. The molecule has 0 spiro atoms. The lowest BCUT2D eigenvalue weighted by atomic mass is 9.89. The highest BCUT2D eigenvalue weighted by Crippen LogP contribution is 2.46. The van der Waals surface area contributed by atoms with Gasteiger partial charge in [0, 0.05) is 48.5 Å². The fourth-order valence-electron chi connectivity index (χ4n) is 10.7. The van der Waals surface area contributed by atoms with Gasteiger partial charge in [0.1, 0.15) is 0 Å². The largest absolute Gasteiger partial charge is 0.309 e. The topological polar surface area (TPSA) is 8.82 Å².